The lowest BCUT2D eigenvalue weighted by Gasteiger charge is -2.32. The molecule has 1 aliphatic rings. The third-order valence-electron chi connectivity index (χ3n) is 6.17. The number of aliphatic carboxylic acids is 1. The fraction of sp³-hybridized carbons (Fsp3) is 0.333. The Hall–Kier alpha value is -3.20. The lowest BCUT2D eigenvalue weighted by Crippen LogP contribution is -2.35. The molecule has 1 aromatic carbocycles. The second-order valence-electron chi connectivity index (χ2n) is 7.66. The smallest absolute Gasteiger partial charge is 0.309 e. The molecule has 9 heteroatoms. The molecule has 0 spiro atoms. The summed E-state index contributed by atoms with van der Waals surface area (Å²) in [7, 11) is 1.63. The van der Waals surface area contributed by atoms with Crippen molar-refractivity contribution in [3.05, 3.63) is 35.1 Å². The van der Waals surface area contributed by atoms with Gasteiger partial charge in [-0.3, -0.25) is 9.89 Å². The van der Waals surface area contributed by atoms with Crippen LogP contribution in [-0.2, 0) is 17.6 Å². The standard InChI is InChI=1S/C21H21N5O3S/c1-3-21(20(27)28)5-4-12-16(8-21)30-19-17(12)18(22-10-23-19)25-14-6-11-9-24-26-13(11)7-15(14)29-2/h6-7,9-10H,3-5,8H2,1-2H3,(H,24,26)(H,27,28)(H,22,23,25). The normalized spacial score (nSPS) is 18.5. The summed E-state index contributed by atoms with van der Waals surface area (Å²) in [4.78, 5) is 22.9. The molecule has 0 aliphatic heterocycles. The first-order chi connectivity index (χ1) is 14.5. The van der Waals surface area contributed by atoms with Gasteiger partial charge in [0.05, 0.1) is 35.3 Å². The van der Waals surface area contributed by atoms with E-state index in [1.807, 2.05) is 19.1 Å². The van der Waals surface area contributed by atoms with Crippen LogP contribution < -0.4 is 10.1 Å². The van der Waals surface area contributed by atoms with E-state index in [2.05, 4.69) is 25.5 Å². The number of carboxylic acids is 1. The minimum absolute atomic E-state index is 0.541. The number of aromatic nitrogens is 4. The van der Waals surface area contributed by atoms with Gasteiger partial charge < -0.3 is 15.2 Å². The van der Waals surface area contributed by atoms with Crippen molar-refractivity contribution in [1.82, 2.24) is 20.2 Å². The molecule has 0 radical (unpaired) electrons. The number of hydrogen-bond acceptors (Lipinski definition) is 7. The van der Waals surface area contributed by atoms with Crippen LogP contribution in [0.2, 0.25) is 0 Å². The minimum atomic E-state index is -0.712. The topological polar surface area (TPSA) is 113 Å². The number of carboxylic acid groups (broad SMARTS) is 1. The largest absolute Gasteiger partial charge is 0.494 e. The van der Waals surface area contributed by atoms with E-state index in [1.165, 1.54) is 0 Å². The molecule has 5 rings (SSSR count). The Labute approximate surface area is 176 Å². The Morgan fingerprint density at radius 3 is 3.03 bits per heavy atom. The molecule has 154 valence electrons. The zero-order valence-corrected chi connectivity index (χ0v) is 17.5. The van der Waals surface area contributed by atoms with Crippen LogP contribution in [0.15, 0.2) is 24.7 Å². The van der Waals surface area contributed by atoms with Gasteiger partial charge in [0, 0.05) is 16.3 Å². The zero-order valence-electron chi connectivity index (χ0n) is 16.7. The minimum Gasteiger partial charge on any atom is -0.494 e. The predicted octanol–water partition coefficient (Wildman–Crippen LogP) is 4.29. The molecule has 8 nitrogen and oxygen atoms in total. The Bertz CT molecular complexity index is 1280. The number of thiophene rings is 1. The summed E-state index contributed by atoms with van der Waals surface area (Å²) in [5.74, 6) is 0.673. The molecule has 1 unspecified atom stereocenters. The van der Waals surface area contributed by atoms with Gasteiger partial charge in [-0.05, 0) is 37.3 Å². The van der Waals surface area contributed by atoms with Gasteiger partial charge in [-0.1, -0.05) is 6.92 Å². The van der Waals surface area contributed by atoms with Gasteiger partial charge >= 0.3 is 5.97 Å². The number of anilines is 2. The van der Waals surface area contributed by atoms with E-state index in [4.69, 9.17) is 4.74 Å². The van der Waals surface area contributed by atoms with Crippen LogP contribution >= 0.6 is 11.3 Å². The summed E-state index contributed by atoms with van der Waals surface area (Å²) in [6, 6.07) is 3.87. The van der Waals surface area contributed by atoms with Gasteiger partial charge in [0.15, 0.2) is 0 Å². The van der Waals surface area contributed by atoms with E-state index in [-0.39, 0.29) is 0 Å². The number of methoxy groups -OCH3 is 1. The number of hydrogen-bond donors (Lipinski definition) is 3. The van der Waals surface area contributed by atoms with Gasteiger partial charge in [-0.15, -0.1) is 11.3 Å². The summed E-state index contributed by atoms with van der Waals surface area (Å²) >= 11 is 1.57. The fourth-order valence-corrected chi connectivity index (χ4v) is 5.63. The molecular formula is C21H21N5O3S. The number of rotatable bonds is 5. The first-order valence-corrected chi connectivity index (χ1v) is 10.6. The maximum atomic E-state index is 11.9. The molecule has 0 fully saturated rings. The molecule has 0 saturated heterocycles. The predicted molar refractivity (Wildman–Crippen MR) is 116 cm³/mol. The zero-order chi connectivity index (χ0) is 20.9. The van der Waals surface area contributed by atoms with Crippen LogP contribution in [0.4, 0.5) is 11.5 Å². The van der Waals surface area contributed by atoms with Crippen LogP contribution in [-0.4, -0.2) is 38.4 Å². The lowest BCUT2D eigenvalue weighted by atomic mass is 9.72. The quantitative estimate of drug-likeness (QED) is 0.439. The number of aryl methyl sites for hydroxylation is 1. The second-order valence-corrected chi connectivity index (χ2v) is 8.74. The maximum Gasteiger partial charge on any atom is 0.309 e. The van der Waals surface area contributed by atoms with Crippen molar-refractivity contribution in [2.24, 2.45) is 5.41 Å². The van der Waals surface area contributed by atoms with Gasteiger partial charge in [0.25, 0.3) is 0 Å². The molecule has 3 N–H and O–H groups in total. The number of benzene rings is 1. The maximum absolute atomic E-state index is 11.9. The van der Waals surface area contributed by atoms with Crippen LogP contribution in [0.25, 0.3) is 21.1 Å². The highest BCUT2D eigenvalue weighted by molar-refractivity contribution is 7.19. The van der Waals surface area contributed by atoms with E-state index in [9.17, 15) is 9.90 Å². The van der Waals surface area contributed by atoms with Gasteiger partial charge in [0.2, 0.25) is 0 Å². The van der Waals surface area contributed by atoms with Crippen molar-refractivity contribution in [2.75, 3.05) is 12.4 Å². The monoisotopic (exact) mass is 423 g/mol. The van der Waals surface area contributed by atoms with Crippen LogP contribution in [0.3, 0.4) is 0 Å². The first kappa shape index (κ1) is 18.8. The van der Waals surface area contributed by atoms with Crippen molar-refractivity contribution in [3.8, 4) is 5.75 Å². The third kappa shape index (κ3) is 2.80. The van der Waals surface area contributed by atoms with Crippen LogP contribution in [0, 0.1) is 5.41 Å². The molecule has 1 atom stereocenters. The van der Waals surface area contributed by atoms with Crippen molar-refractivity contribution in [3.63, 3.8) is 0 Å². The van der Waals surface area contributed by atoms with Crippen molar-refractivity contribution in [1.29, 1.82) is 0 Å². The Kier molecular flexibility index (Phi) is 4.35. The SMILES string of the molecule is CCC1(C(=O)O)CCc2c(sc3ncnc(Nc4cc5cn[nH]c5cc4OC)c23)C1. The molecule has 3 aromatic heterocycles. The van der Waals surface area contributed by atoms with Crippen molar-refractivity contribution >= 4 is 49.9 Å². The number of carbonyl (C=O) groups is 1. The highest BCUT2D eigenvalue weighted by Crippen LogP contribution is 2.46. The molecule has 0 amide bonds. The third-order valence-corrected chi connectivity index (χ3v) is 7.31. The Morgan fingerprint density at radius 1 is 1.40 bits per heavy atom. The Balaban J connectivity index is 1.60. The summed E-state index contributed by atoms with van der Waals surface area (Å²) in [5.41, 5.74) is 2.15. The number of nitrogens with zero attached hydrogens (tertiary/aromatic N) is 3. The van der Waals surface area contributed by atoms with Gasteiger partial charge in [0.1, 0.15) is 22.7 Å². The summed E-state index contributed by atoms with van der Waals surface area (Å²) in [5, 5.41) is 22.2. The summed E-state index contributed by atoms with van der Waals surface area (Å²) in [6.07, 6.45) is 5.79. The second kappa shape index (κ2) is 6.94. The number of fused-ring (bicyclic) bond motifs is 4. The number of aromatic amines is 1. The molecule has 1 aliphatic carbocycles. The van der Waals surface area contributed by atoms with E-state index in [1.54, 1.807) is 31.0 Å². The van der Waals surface area contributed by atoms with E-state index in [0.717, 1.165) is 37.2 Å². The highest BCUT2D eigenvalue weighted by atomic mass is 32.1. The lowest BCUT2D eigenvalue weighted by molar-refractivity contribution is -0.149. The van der Waals surface area contributed by atoms with E-state index < -0.39 is 11.4 Å². The molecular weight excluding hydrogens is 402 g/mol. The average Bonchev–Trinajstić information content (AvgIpc) is 3.36. The highest BCUT2D eigenvalue weighted by Gasteiger charge is 2.41. The van der Waals surface area contributed by atoms with Crippen LogP contribution in [0.1, 0.15) is 30.2 Å². The Morgan fingerprint density at radius 2 is 2.27 bits per heavy atom. The van der Waals surface area contributed by atoms with Crippen LogP contribution in [0.5, 0.6) is 5.75 Å². The average molecular weight is 423 g/mol. The van der Waals surface area contributed by atoms with Gasteiger partial charge in [-0.2, -0.15) is 5.10 Å². The number of H-pyrrole nitrogens is 1. The molecule has 30 heavy (non-hydrogen) atoms. The molecule has 0 bridgehead atoms. The number of ether oxygens (including phenoxy) is 1. The van der Waals surface area contributed by atoms with E-state index >= 15 is 0 Å². The van der Waals surface area contributed by atoms with Crippen molar-refractivity contribution < 1.29 is 14.6 Å². The fourth-order valence-electron chi connectivity index (χ4n) is 4.30. The summed E-state index contributed by atoms with van der Waals surface area (Å²) < 4.78 is 5.55. The first-order valence-electron chi connectivity index (χ1n) is 9.81. The molecule has 3 heterocycles. The molecule has 4 aromatic rings. The number of nitrogens with one attached hydrogen (secondary N) is 2. The van der Waals surface area contributed by atoms with Gasteiger partial charge in [-0.25, -0.2) is 9.97 Å². The molecule has 0 saturated carbocycles. The van der Waals surface area contributed by atoms with E-state index in [0.29, 0.717) is 37.3 Å². The van der Waals surface area contributed by atoms with Crippen molar-refractivity contribution in [2.45, 2.75) is 32.6 Å². The summed E-state index contributed by atoms with van der Waals surface area (Å²) in [6.45, 7) is 1.96.